The highest BCUT2D eigenvalue weighted by Crippen LogP contribution is 2.53. The summed E-state index contributed by atoms with van der Waals surface area (Å²) in [6, 6.07) is 2.70. The van der Waals surface area contributed by atoms with Crippen molar-refractivity contribution in [2.24, 2.45) is 17.6 Å². The van der Waals surface area contributed by atoms with E-state index in [0.29, 0.717) is 0 Å². The van der Waals surface area contributed by atoms with Crippen LogP contribution in [0.3, 0.4) is 0 Å². The number of Topliss-reactive ketones (excluding diaryl/α,β-unsaturated/α-hetero) is 3. The van der Waals surface area contributed by atoms with Gasteiger partial charge in [0.25, 0.3) is 5.91 Å². The monoisotopic (exact) mass is 440 g/mol. The number of hydrogen-bond acceptors (Lipinski definition) is 9. The Morgan fingerprint density at radius 3 is 2.34 bits per heavy atom. The summed E-state index contributed by atoms with van der Waals surface area (Å²) in [6.45, 7) is 3.85. The number of phenols is 1. The molecule has 0 aliphatic heterocycles. The third kappa shape index (κ3) is 2.36. The molecule has 1 fully saturated rings. The first-order valence-corrected chi connectivity index (χ1v) is 9.57. The molecule has 1 saturated carbocycles. The van der Waals surface area contributed by atoms with Gasteiger partial charge in [0.15, 0.2) is 17.2 Å². The Bertz CT molecular complexity index is 1220. The minimum Gasteiger partial charge on any atom is -0.508 e. The van der Waals surface area contributed by atoms with E-state index < -0.39 is 75.1 Å². The number of likely N-dealkylation sites (N-methyl/N-ethyl adjacent to an activating group) is 1. The molecule has 0 aromatic heterocycles. The van der Waals surface area contributed by atoms with Gasteiger partial charge >= 0.3 is 0 Å². The van der Waals surface area contributed by atoms with E-state index in [-0.39, 0.29) is 16.7 Å². The third-order valence-electron chi connectivity index (χ3n) is 6.38. The van der Waals surface area contributed by atoms with Gasteiger partial charge in [-0.15, -0.1) is 0 Å². The van der Waals surface area contributed by atoms with E-state index in [0.717, 1.165) is 0 Å². The number of allylic oxidation sites excluding steroid dienone is 1. The standard InChI is InChI=1S/C22H20N2O8/c1-7-8-5-4-6-9(25)11(8)16(26)12-10(7)17(27)14-15(24(2)3)18(28)13(21(23)31)20(30)22(14,32)19(12)29/h4-6,10,14-15,25-26,30,32H,1H2,2-3H3,(H2,23,31)/t10-,14-,15+,22+/m1/s1. The van der Waals surface area contributed by atoms with E-state index in [1.807, 2.05) is 0 Å². The Hall–Kier alpha value is -3.76. The third-order valence-corrected chi connectivity index (χ3v) is 6.38. The van der Waals surface area contributed by atoms with Crippen molar-refractivity contribution in [1.29, 1.82) is 0 Å². The van der Waals surface area contributed by atoms with Crippen molar-refractivity contribution < 1.29 is 39.6 Å². The first-order valence-electron chi connectivity index (χ1n) is 9.57. The second-order valence-electron chi connectivity index (χ2n) is 8.26. The van der Waals surface area contributed by atoms with E-state index in [9.17, 15) is 39.6 Å². The summed E-state index contributed by atoms with van der Waals surface area (Å²) in [6.07, 6.45) is 0. The van der Waals surface area contributed by atoms with Gasteiger partial charge in [-0.05, 0) is 31.3 Å². The zero-order chi connectivity index (χ0) is 23.9. The quantitative estimate of drug-likeness (QED) is 0.383. The maximum absolute atomic E-state index is 13.7. The number of aromatic hydroxyl groups is 1. The number of hydrogen-bond donors (Lipinski definition) is 5. The van der Waals surface area contributed by atoms with Crippen molar-refractivity contribution in [3.63, 3.8) is 0 Å². The van der Waals surface area contributed by atoms with Gasteiger partial charge in [-0.25, -0.2) is 0 Å². The van der Waals surface area contributed by atoms with Crippen LogP contribution in [0, 0.1) is 11.8 Å². The van der Waals surface area contributed by atoms with Gasteiger partial charge in [-0.2, -0.15) is 0 Å². The number of aliphatic hydroxyl groups is 3. The maximum Gasteiger partial charge on any atom is 0.255 e. The molecule has 1 aromatic carbocycles. The average molecular weight is 440 g/mol. The Morgan fingerprint density at radius 2 is 1.78 bits per heavy atom. The van der Waals surface area contributed by atoms with Crippen LogP contribution in [0.2, 0.25) is 0 Å². The summed E-state index contributed by atoms with van der Waals surface area (Å²) in [5, 5.41) is 43.2. The molecule has 10 heteroatoms. The van der Waals surface area contributed by atoms with E-state index in [4.69, 9.17) is 5.73 Å². The smallest absolute Gasteiger partial charge is 0.255 e. The van der Waals surface area contributed by atoms with Crippen LogP contribution in [0.15, 0.2) is 41.7 Å². The zero-order valence-electron chi connectivity index (χ0n) is 17.1. The first-order chi connectivity index (χ1) is 14.9. The van der Waals surface area contributed by atoms with Gasteiger partial charge in [0.2, 0.25) is 5.78 Å². The maximum atomic E-state index is 13.7. The molecule has 1 amide bonds. The number of benzene rings is 1. The summed E-state index contributed by atoms with van der Waals surface area (Å²) < 4.78 is 0. The highest BCUT2D eigenvalue weighted by molar-refractivity contribution is 6.30. The van der Waals surface area contributed by atoms with Crippen molar-refractivity contribution in [2.45, 2.75) is 11.6 Å². The number of fused-ring (bicyclic) bond motifs is 3. The van der Waals surface area contributed by atoms with Gasteiger partial charge < -0.3 is 26.2 Å². The Kier molecular flexibility index (Phi) is 4.44. The van der Waals surface area contributed by atoms with Crippen LogP contribution in [0.5, 0.6) is 5.75 Å². The lowest BCUT2D eigenvalue weighted by atomic mass is 9.56. The number of aliphatic hydroxyl groups excluding tert-OH is 2. The number of amides is 1. The molecule has 0 bridgehead atoms. The van der Waals surface area contributed by atoms with E-state index in [2.05, 4.69) is 6.58 Å². The van der Waals surface area contributed by atoms with E-state index >= 15 is 0 Å². The molecular formula is C22H20N2O8. The van der Waals surface area contributed by atoms with E-state index in [1.165, 1.54) is 37.2 Å². The topological polar surface area (TPSA) is 178 Å². The van der Waals surface area contributed by atoms with Crippen LogP contribution in [-0.2, 0) is 19.2 Å². The van der Waals surface area contributed by atoms with Gasteiger partial charge in [0, 0.05) is 0 Å². The molecule has 3 aliphatic rings. The normalized spacial score (nSPS) is 29.8. The fourth-order valence-corrected chi connectivity index (χ4v) is 4.96. The van der Waals surface area contributed by atoms with Gasteiger partial charge in [0.05, 0.1) is 29.0 Å². The summed E-state index contributed by atoms with van der Waals surface area (Å²) >= 11 is 0. The van der Waals surface area contributed by atoms with Gasteiger partial charge in [-0.3, -0.25) is 24.1 Å². The molecule has 4 rings (SSSR count). The molecule has 0 saturated heterocycles. The Morgan fingerprint density at radius 1 is 1.16 bits per heavy atom. The SMILES string of the molecule is C=C1c2cccc(O)c2C(O)=C2C(=O)[C@]3(O)C(O)=C(C(N)=O)C(=O)[C@@H](N(C)C)[C@@H]3C(=O)[C@H]12. The fraction of sp³-hybridized carbons (Fsp3) is 0.273. The van der Waals surface area contributed by atoms with E-state index in [1.54, 1.807) is 0 Å². The van der Waals surface area contributed by atoms with Crippen molar-refractivity contribution in [2.75, 3.05) is 14.1 Å². The van der Waals surface area contributed by atoms with Crippen molar-refractivity contribution in [3.05, 3.63) is 52.8 Å². The first kappa shape index (κ1) is 21.5. The van der Waals surface area contributed by atoms with Crippen LogP contribution in [-0.4, -0.2) is 74.3 Å². The van der Waals surface area contributed by atoms with Crippen molar-refractivity contribution in [3.8, 4) is 5.75 Å². The predicted octanol–water partition coefficient (Wildman–Crippen LogP) is -0.386. The molecule has 0 heterocycles. The molecule has 10 nitrogen and oxygen atoms in total. The fourth-order valence-electron chi connectivity index (χ4n) is 4.96. The number of ketones is 3. The summed E-state index contributed by atoms with van der Waals surface area (Å²) in [5.74, 6) is -10.3. The minimum absolute atomic E-state index is 0.0678. The highest BCUT2D eigenvalue weighted by Gasteiger charge is 2.68. The largest absolute Gasteiger partial charge is 0.508 e. The predicted molar refractivity (Wildman–Crippen MR) is 110 cm³/mol. The zero-order valence-corrected chi connectivity index (χ0v) is 17.1. The molecule has 166 valence electrons. The minimum atomic E-state index is -3.04. The second-order valence-corrected chi connectivity index (χ2v) is 8.26. The Labute approximate surface area is 181 Å². The molecule has 6 N–H and O–H groups in total. The van der Waals surface area contributed by atoms with Crippen molar-refractivity contribution in [1.82, 2.24) is 4.90 Å². The summed E-state index contributed by atoms with van der Waals surface area (Å²) in [7, 11) is 2.79. The number of carbonyl (C=O) groups excluding carboxylic acids is 4. The number of rotatable bonds is 2. The van der Waals surface area contributed by atoms with Crippen LogP contribution in [0.25, 0.3) is 11.3 Å². The molecule has 32 heavy (non-hydrogen) atoms. The number of primary amides is 1. The highest BCUT2D eigenvalue weighted by atomic mass is 16.3. The van der Waals surface area contributed by atoms with Crippen molar-refractivity contribution >= 4 is 34.6 Å². The summed E-state index contributed by atoms with van der Waals surface area (Å²) in [4.78, 5) is 53.3. The second kappa shape index (κ2) is 6.62. The molecular weight excluding hydrogens is 420 g/mol. The molecule has 0 spiro atoms. The molecule has 3 aliphatic carbocycles. The van der Waals surface area contributed by atoms with Crippen LogP contribution < -0.4 is 5.73 Å². The Balaban J connectivity index is 2.09. The molecule has 0 unspecified atom stereocenters. The van der Waals surface area contributed by atoms with Crippen LogP contribution in [0.1, 0.15) is 11.1 Å². The lowest BCUT2D eigenvalue weighted by Crippen LogP contribution is -2.69. The van der Waals surface area contributed by atoms with Crippen LogP contribution >= 0.6 is 0 Å². The van der Waals surface area contributed by atoms with Gasteiger partial charge in [0.1, 0.15) is 22.8 Å². The van der Waals surface area contributed by atoms with Gasteiger partial charge in [-0.1, -0.05) is 18.7 Å². The average Bonchev–Trinajstić information content (AvgIpc) is 2.70. The number of phenolic OH excluding ortho intramolecular Hbond substituents is 1. The lowest BCUT2D eigenvalue weighted by molar-refractivity contribution is -0.162. The molecule has 0 radical (unpaired) electrons. The number of carbonyl (C=O) groups is 4. The molecule has 4 atom stereocenters. The summed E-state index contributed by atoms with van der Waals surface area (Å²) in [5.41, 5.74) is 0.701. The number of nitrogens with two attached hydrogens (primary N) is 1. The lowest BCUT2D eigenvalue weighted by Gasteiger charge is -2.49. The van der Waals surface area contributed by atoms with Crippen LogP contribution in [0.4, 0.5) is 0 Å². The number of nitrogens with zero attached hydrogens (tertiary/aromatic N) is 1. The molecule has 1 aromatic rings.